The Kier molecular flexibility index (Phi) is 4.93. The zero-order valence-electron chi connectivity index (χ0n) is 12.4. The lowest BCUT2D eigenvalue weighted by Gasteiger charge is -2.32. The van der Waals surface area contributed by atoms with E-state index >= 15 is 0 Å². The summed E-state index contributed by atoms with van der Waals surface area (Å²) in [4.78, 5) is 15.8. The molecule has 1 amide bonds. The van der Waals surface area contributed by atoms with Crippen molar-refractivity contribution in [1.82, 2.24) is 10.2 Å². The van der Waals surface area contributed by atoms with Gasteiger partial charge in [-0.3, -0.25) is 4.79 Å². The van der Waals surface area contributed by atoms with E-state index in [-0.39, 0.29) is 12.5 Å². The molecule has 2 N–H and O–H groups in total. The average Bonchev–Trinajstić information content (AvgIpc) is 3.00. The lowest BCUT2D eigenvalue weighted by molar-refractivity contribution is -0.131. The number of aliphatic hydroxyl groups is 1. The summed E-state index contributed by atoms with van der Waals surface area (Å²) in [5, 5.41) is 14.9. The zero-order valence-corrected chi connectivity index (χ0v) is 13.2. The van der Waals surface area contributed by atoms with Crippen LogP contribution in [0, 0.1) is 5.92 Å². The average molecular weight is 308 g/mol. The third-order valence-electron chi connectivity index (χ3n) is 4.82. The van der Waals surface area contributed by atoms with Crippen LogP contribution in [0.1, 0.15) is 36.1 Å². The first-order valence-electron chi connectivity index (χ1n) is 7.95. The van der Waals surface area contributed by atoms with E-state index in [2.05, 4.69) is 16.8 Å². The van der Waals surface area contributed by atoms with Crippen LogP contribution in [0.4, 0.5) is 0 Å². The lowest BCUT2D eigenvalue weighted by atomic mass is 9.85. The summed E-state index contributed by atoms with van der Waals surface area (Å²) >= 11 is 1.80. The molecule has 1 aliphatic heterocycles. The Morgan fingerprint density at radius 1 is 1.43 bits per heavy atom. The minimum atomic E-state index is 0.189. The monoisotopic (exact) mass is 308 g/mol. The fourth-order valence-corrected chi connectivity index (χ4v) is 4.38. The van der Waals surface area contributed by atoms with Gasteiger partial charge in [0, 0.05) is 30.6 Å². The molecular weight excluding hydrogens is 284 g/mol. The second-order valence-electron chi connectivity index (χ2n) is 6.15. The van der Waals surface area contributed by atoms with Crippen LogP contribution in [0.5, 0.6) is 0 Å². The second-order valence-corrected chi connectivity index (χ2v) is 7.15. The van der Waals surface area contributed by atoms with E-state index in [1.165, 1.54) is 23.3 Å². The maximum absolute atomic E-state index is 12.4. The highest BCUT2D eigenvalue weighted by Crippen LogP contribution is 2.25. The fourth-order valence-electron chi connectivity index (χ4n) is 3.49. The normalized spacial score (nSPS) is 25.7. The van der Waals surface area contributed by atoms with Crippen LogP contribution >= 0.6 is 11.3 Å². The molecule has 2 unspecified atom stereocenters. The van der Waals surface area contributed by atoms with Crippen molar-refractivity contribution in [2.75, 3.05) is 19.7 Å². The molecule has 1 aliphatic carbocycles. The fraction of sp³-hybridized carbons (Fsp3) is 0.688. The van der Waals surface area contributed by atoms with E-state index in [4.69, 9.17) is 0 Å². The van der Waals surface area contributed by atoms with E-state index in [1.807, 2.05) is 4.90 Å². The van der Waals surface area contributed by atoms with E-state index in [1.54, 1.807) is 11.3 Å². The summed E-state index contributed by atoms with van der Waals surface area (Å²) < 4.78 is 0. The Morgan fingerprint density at radius 2 is 2.29 bits per heavy atom. The van der Waals surface area contributed by atoms with E-state index in [0.717, 1.165) is 32.4 Å². The summed E-state index contributed by atoms with van der Waals surface area (Å²) in [5.74, 6) is 0.505. The quantitative estimate of drug-likeness (QED) is 0.891. The summed E-state index contributed by atoms with van der Waals surface area (Å²) in [6.07, 6.45) is 5.54. The number of carbonyl (C=O) groups is 1. The van der Waals surface area contributed by atoms with Gasteiger partial charge in [-0.1, -0.05) is 12.8 Å². The van der Waals surface area contributed by atoms with E-state index in [9.17, 15) is 9.90 Å². The smallest absolute Gasteiger partial charge is 0.236 e. The molecule has 0 saturated heterocycles. The number of fused-ring (bicyclic) bond motifs is 1. The summed E-state index contributed by atoms with van der Waals surface area (Å²) in [7, 11) is 0. The highest BCUT2D eigenvalue weighted by atomic mass is 32.1. The highest BCUT2D eigenvalue weighted by molar-refractivity contribution is 7.10. The molecule has 0 aromatic carbocycles. The molecule has 2 heterocycles. The minimum Gasteiger partial charge on any atom is -0.396 e. The van der Waals surface area contributed by atoms with Gasteiger partial charge < -0.3 is 15.3 Å². The van der Waals surface area contributed by atoms with Gasteiger partial charge in [0.15, 0.2) is 0 Å². The van der Waals surface area contributed by atoms with E-state index in [0.29, 0.717) is 18.5 Å². The molecule has 1 fully saturated rings. The Bertz CT molecular complexity index is 488. The third kappa shape index (κ3) is 3.47. The van der Waals surface area contributed by atoms with Crippen LogP contribution in [-0.2, 0) is 17.8 Å². The van der Waals surface area contributed by atoms with Crippen molar-refractivity contribution in [2.45, 2.75) is 44.7 Å². The van der Waals surface area contributed by atoms with Gasteiger partial charge in [0.2, 0.25) is 5.91 Å². The van der Waals surface area contributed by atoms with Gasteiger partial charge in [-0.25, -0.2) is 0 Å². The van der Waals surface area contributed by atoms with Crippen molar-refractivity contribution in [3.05, 3.63) is 21.9 Å². The van der Waals surface area contributed by atoms with Crippen LogP contribution in [0.3, 0.4) is 0 Å². The van der Waals surface area contributed by atoms with Gasteiger partial charge in [-0.2, -0.15) is 0 Å². The van der Waals surface area contributed by atoms with Crippen molar-refractivity contribution >= 4 is 17.2 Å². The highest BCUT2D eigenvalue weighted by Gasteiger charge is 2.26. The molecule has 2 aliphatic rings. The predicted molar refractivity (Wildman–Crippen MR) is 84.3 cm³/mol. The number of thiophene rings is 1. The summed E-state index contributed by atoms with van der Waals surface area (Å²) in [6, 6.07) is 2.43. The Balaban J connectivity index is 1.50. The number of rotatable bonds is 4. The Labute approximate surface area is 130 Å². The van der Waals surface area contributed by atoms with Crippen LogP contribution < -0.4 is 5.32 Å². The maximum atomic E-state index is 12.4. The van der Waals surface area contributed by atoms with Crippen LogP contribution in [0.2, 0.25) is 0 Å². The molecular formula is C16H24N2O2S. The first-order valence-corrected chi connectivity index (χ1v) is 8.83. The van der Waals surface area contributed by atoms with Crippen molar-refractivity contribution in [3.63, 3.8) is 0 Å². The van der Waals surface area contributed by atoms with Gasteiger partial charge >= 0.3 is 0 Å². The van der Waals surface area contributed by atoms with Crippen molar-refractivity contribution in [1.29, 1.82) is 0 Å². The number of hydrogen-bond acceptors (Lipinski definition) is 4. The van der Waals surface area contributed by atoms with Crippen LogP contribution in [0.25, 0.3) is 0 Å². The maximum Gasteiger partial charge on any atom is 0.236 e. The molecule has 3 rings (SSSR count). The first kappa shape index (κ1) is 15.0. The molecule has 21 heavy (non-hydrogen) atoms. The van der Waals surface area contributed by atoms with Crippen LogP contribution in [0.15, 0.2) is 11.4 Å². The molecule has 0 bridgehead atoms. The van der Waals surface area contributed by atoms with Crippen LogP contribution in [-0.4, -0.2) is 41.7 Å². The van der Waals surface area contributed by atoms with E-state index < -0.39 is 0 Å². The predicted octanol–water partition coefficient (Wildman–Crippen LogP) is 1.77. The minimum absolute atomic E-state index is 0.189. The van der Waals surface area contributed by atoms with Gasteiger partial charge in [-0.15, -0.1) is 11.3 Å². The van der Waals surface area contributed by atoms with Crippen molar-refractivity contribution in [3.8, 4) is 0 Å². The number of carbonyl (C=O) groups excluding carboxylic acids is 1. The van der Waals surface area contributed by atoms with Gasteiger partial charge in [0.1, 0.15) is 0 Å². The molecule has 1 aromatic rings. The number of amides is 1. The Morgan fingerprint density at radius 3 is 3.14 bits per heavy atom. The van der Waals surface area contributed by atoms with Gasteiger partial charge in [0.25, 0.3) is 0 Å². The number of nitrogens with zero attached hydrogens (tertiary/aromatic N) is 1. The molecule has 1 saturated carbocycles. The topological polar surface area (TPSA) is 52.6 Å². The van der Waals surface area contributed by atoms with Gasteiger partial charge in [-0.05, 0) is 42.2 Å². The number of hydrogen-bond donors (Lipinski definition) is 2. The third-order valence-corrected chi connectivity index (χ3v) is 5.84. The molecule has 5 heteroatoms. The summed E-state index contributed by atoms with van der Waals surface area (Å²) in [6.45, 7) is 2.23. The molecule has 1 aromatic heterocycles. The lowest BCUT2D eigenvalue weighted by Crippen LogP contribution is -2.47. The molecule has 4 nitrogen and oxygen atoms in total. The standard InChI is InChI=1S/C16H24N2O2S/c19-11-13-3-1-2-4-14(13)17-9-16(20)18-7-5-15-12(10-18)6-8-21-15/h6,8,13-14,17,19H,1-5,7,9-11H2. The largest absolute Gasteiger partial charge is 0.396 e. The molecule has 116 valence electrons. The first-order chi connectivity index (χ1) is 10.3. The summed E-state index contributed by atoms with van der Waals surface area (Å²) in [5.41, 5.74) is 1.31. The molecule has 0 radical (unpaired) electrons. The van der Waals surface area contributed by atoms with Gasteiger partial charge in [0.05, 0.1) is 6.54 Å². The number of aliphatic hydroxyl groups excluding tert-OH is 1. The zero-order chi connectivity index (χ0) is 14.7. The van der Waals surface area contributed by atoms with Crippen molar-refractivity contribution < 1.29 is 9.90 Å². The van der Waals surface area contributed by atoms with Crippen molar-refractivity contribution in [2.24, 2.45) is 5.92 Å². The Hall–Kier alpha value is -0.910. The molecule has 2 atom stereocenters. The molecule has 0 spiro atoms. The SMILES string of the molecule is O=C(CNC1CCCCC1CO)N1CCc2sccc2C1. The second kappa shape index (κ2) is 6.90. The number of nitrogens with one attached hydrogen (secondary N) is 1.